The summed E-state index contributed by atoms with van der Waals surface area (Å²) in [4.78, 5) is 28.5. The van der Waals surface area contributed by atoms with Crippen molar-refractivity contribution < 1.29 is 9.59 Å². The SMILES string of the molecule is CNC(=O)c1nnc(NC(=O)C2CC2)cc1Nc1cccc(-c2ncn(C)n2)c1. The molecule has 2 amide bonds. The Morgan fingerprint density at radius 1 is 1.17 bits per heavy atom. The van der Waals surface area contributed by atoms with Crippen LogP contribution in [0.4, 0.5) is 17.2 Å². The lowest BCUT2D eigenvalue weighted by molar-refractivity contribution is -0.117. The highest BCUT2D eigenvalue weighted by molar-refractivity contribution is 5.99. The summed E-state index contributed by atoms with van der Waals surface area (Å²) in [7, 11) is 3.32. The summed E-state index contributed by atoms with van der Waals surface area (Å²) in [5.74, 6) is 0.450. The first-order valence-electron chi connectivity index (χ1n) is 9.17. The van der Waals surface area contributed by atoms with Crippen LogP contribution in [0.3, 0.4) is 0 Å². The third kappa shape index (κ3) is 4.21. The van der Waals surface area contributed by atoms with Crippen LogP contribution in [0.2, 0.25) is 0 Å². The fourth-order valence-electron chi connectivity index (χ4n) is 2.77. The van der Waals surface area contributed by atoms with Crippen LogP contribution in [0.1, 0.15) is 23.3 Å². The minimum atomic E-state index is -0.386. The molecule has 10 nitrogen and oxygen atoms in total. The number of hydrogen-bond donors (Lipinski definition) is 3. The van der Waals surface area contributed by atoms with E-state index in [1.165, 1.54) is 7.05 Å². The first-order chi connectivity index (χ1) is 14.0. The molecule has 0 spiro atoms. The van der Waals surface area contributed by atoms with Crippen molar-refractivity contribution in [2.24, 2.45) is 13.0 Å². The minimum absolute atomic E-state index is 0.0365. The van der Waals surface area contributed by atoms with Crippen LogP contribution in [0, 0.1) is 5.92 Å². The molecule has 1 fully saturated rings. The molecule has 1 aliphatic rings. The molecule has 2 heterocycles. The van der Waals surface area contributed by atoms with Gasteiger partial charge >= 0.3 is 0 Å². The van der Waals surface area contributed by atoms with Gasteiger partial charge in [-0.05, 0) is 25.0 Å². The third-order valence-corrected chi connectivity index (χ3v) is 4.43. The number of nitrogens with one attached hydrogen (secondary N) is 3. The van der Waals surface area contributed by atoms with Crippen LogP contribution in [0.25, 0.3) is 11.4 Å². The molecule has 3 N–H and O–H groups in total. The van der Waals surface area contributed by atoms with Crippen molar-refractivity contribution in [2.45, 2.75) is 12.8 Å². The van der Waals surface area contributed by atoms with E-state index in [2.05, 4.69) is 36.2 Å². The molecule has 4 rings (SSSR count). The van der Waals surface area contributed by atoms with E-state index in [-0.39, 0.29) is 23.4 Å². The molecule has 148 valence electrons. The van der Waals surface area contributed by atoms with Crippen molar-refractivity contribution in [3.63, 3.8) is 0 Å². The second kappa shape index (κ2) is 7.66. The Hall–Kier alpha value is -3.82. The van der Waals surface area contributed by atoms with Crippen LogP contribution in [-0.4, -0.2) is 43.8 Å². The van der Waals surface area contributed by atoms with E-state index in [0.29, 0.717) is 23.0 Å². The molecule has 2 aromatic heterocycles. The van der Waals surface area contributed by atoms with Crippen molar-refractivity contribution in [3.8, 4) is 11.4 Å². The minimum Gasteiger partial charge on any atom is -0.354 e. The lowest BCUT2D eigenvalue weighted by Gasteiger charge is -2.12. The molecule has 0 atom stereocenters. The molecular formula is C19H20N8O2. The monoisotopic (exact) mass is 392 g/mol. The van der Waals surface area contributed by atoms with Crippen molar-refractivity contribution in [1.82, 2.24) is 30.3 Å². The molecule has 0 unspecified atom stereocenters. The Labute approximate surface area is 166 Å². The maximum atomic E-state index is 12.2. The second-order valence-electron chi connectivity index (χ2n) is 6.78. The first-order valence-corrected chi connectivity index (χ1v) is 9.17. The van der Waals surface area contributed by atoms with Gasteiger partial charge in [-0.1, -0.05) is 12.1 Å². The van der Waals surface area contributed by atoms with Crippen molar-refractivity contribution in [2.75, 3.05) is 17.7 Å². The van der Waals surface area contributed by atoms with Gasteiger partial charge in [-0.15, -0.1) is 10.2 Å². The van der Waals surface area contributed by atoms with Crippen LogP contribution in [0.15, 0.2) is 36.7 Å². The number of rotatable bonds is 6. The number of anilines is 3. The van der Waals surface area contributed by atoms with Gasteiger partial charge in [0, 0.05) is 37.3 Å². The molecule has 10 heteroatoms. The highest BCUT2D eigenvalue weighted by Gasteiger charge is 2.30. The zero-order valence-corrected chi connectivity index (χ0v) is 16.0. The summed E-state index contributed by atoms with van der Waals surface area (Å²) >= 11 is 0. The van der Waals surface area contributed by atoms with Crippen LogP contribution in [0.5, 0.6) is 0 Å². The predicted molar refractivity (Wildman–Crippen MR) is 106 cm³/mol. The fraction of sp³-hybridized carbons (Fsp3) is 0.263. The Kier molecular flexibility index (Phi) is 4.90. The van der Waals surface area contributed by atoms with Gasteiger partial charge in [0.1, 0.15) is 6.33 Å². The number of nitrogens with zero attached hydrogens (tertiary/aromatic N) is 5. The lowest BCUT2D eigenvalue weighted by atomic mass is 10.2. The highest BCUT2D eigenvalue weighted by Crippen LogP contribution is 2.30. The first kappa shape index (κ1) is 18.5. The molecule has 0 radical (unpaired) electrons. The van der Waals surface area contributed by atoms with Crippen molar-refractivity contribution in [1.29, 1.82) is 0 Å². The van der Waals surface area contributed by atoms with Gasteiger partial charge in [-0.3, -0.25) is 14.3 Å². The Balaban J connectivity index is 1.63. The second-order valence-corrected chi connectivity index (χ2v) is 6.78. The number of hydrogen-bond acceptors (Lipinski definition) is 7. The van der Waals surface area contributed by atoms with Gasteiger partial charge in [0.05, 0.1) is 5.69 Å². The zero-order chi connectivity index (χ0) is 20.4. The summed E-state index contributed by atoms with van der Waals surface area (Å²) < 4.78 is 1.63. The lowest BCUT2D eigenvalue weighted by Crippen LogP contribution is -2.22. The van der Waals surface area contributed by atoms with Gasteiger partial charge < -0.3 is 16.0 Å². The number of carbonyl (C=O) groups is 2. The van der Waals surface area contributed by atoms with Gasteiger partial charge in [0.25, 0.3) is 5.91 Å². The standard InChI is InChI=1S/C19H20N8O2/c1-20-19(29)16-14(9-15(24-25-16)23-18(28)11-6-7-11)22-13-5-3-4-12(8-13)17-21-10-27(2)26-17/h3-5,8-11H,6-7H2,1-2H3,(H,20,29)(H2,22,23,24,28). The normalized spacial score (nSPS) is 13.0. The van der Waals surface area contributed by atoms with E-state index < -0.39 is 0 Å². The van der Waals surface area contributed by atoms with E-state index in [1.54, 1.807) is 24.1 Å². The molecule has 29 heavy (non-hydrogen) atoms. The Bertz CT molecular complexity index is 1070. The maximum Gasteiger partial charge on any atom is 0.273 e. The quantitative estimate of drug-likeness (QED) is 0.583. The number of amides is 2. The van der Waals surface area contributed by atoms with Gasteiger partial charge in [0.2, 0.25) is 5.91 Å². The number of aryl methyl sites for hydroxylation is 1. The van der Waals surface area contributed by atoms with Gasteiger partial charge in [-0.2, -0.15) is 5.10 Å². The predicted octanol–water partition coefficient (Wildman–Crippen LogP) is 1.72. The average molecular weight is 392 g/mol. The van der Waals surface area contributed by atoms with E-state index in [4.69, 9.17) is 0 Å². The molecule has 0 saturated heterocycles. The Morgan fingerprint density at radius 2 is 2.00 bits per heavy atom. The van der Waals surface area contributed by atoms with Crippen LogP contribution < -0.4 is 16.0 Å². The highest BCUT2D eigenvalue weighted by atomic mass is 16.2. The number of carbonyl (C=O) groups excluding carboxylic acids is 2. The van der Waals surface area contributed by atoms with Crippen molar-refractivity contribution >= 4 is 29.0 Å². The summed E-state index contributed by atoms with van der Waals surface area (Å²) in [5, 5.41) is 20.7. The molecule has 0 bridgehead atoms. The maximum absolute atomic E-state index is 12.2. The number of benzene rings is 1. The Morgan fingerprint density at radius 3 is 2.69 bits per heavy atom. The van der Waals surface area contributed by atoms with E-state index in [0.717, 1.165) is 18.4 Å². The zero-order valence-electron chi connectivity index (χ0n) is 16.0. The van der Waals surface area contributed by atoms with Crippen LogP contribution in [-0.2, 0) is 11.8 Å². The topological polar surface area (TPSA) is 127 Å². The molecule has 0 aliphatic heterocycles. The van der Waals surface area contributed by atoms with Gasteiger partial charge in [0.15, 0.2) is 17.3 Å². The van der Waals surface area contributed by atoms with E-state index >= 15 is 0 Å². The average Bonchev–Trinajstić information content (AvgIpc) is 3.49. The molecule has 3 aromatic rings. The van der Waals surface area contributed by atoms with E-state index in [1.807, 2.05) is 24.3 Å². The third-order valence-electron chi connectivity index (χ3n) is 4.43. The molecule has 1 aromatic carbocycles. The summed E-state index contributed by atoms with van der Waals surface area (Å²) in [6.07, 6.45) is 3.39. The molecule has 1 saturated carbocycles. The van der Waals surface area contributed by atoms with Crippen LogP contribution >= 0.6 is 0 Å². The smallest absolute Gasteiger partial charge is 0.273 e. The summed E-state index contributed by atoms with van der Waals surface area (Å²) in [5.41, 5.74) is 2.09. The molecular weight excluding hydrogens is 372 g/mol. The fourth-order valence-corrected chi connectivity index (χ4v) is 2.77. The summed E-state index contributed by atoms with van der Waals surface area (Å²) in [6, 6.07) is 9.07. The van der Waals surface area contributed by atoms with Crippen molar-refractivity contribution in [3.05, 3.63) is 42.4 Å². The van der Waals surface area contributed by atoms with E-state index in [9.17, 15) is 9.59 Å². The largest absolute Gasteiger partial charge is 0.354 e. The number of aromatic nitrogens is 5. The molecule has 1 aliphatic carbocycles. The summed E-state index contributed by atoms with van der Waals surface area (Å²) in [6.45, 7) is 0. The van der Waals surface area contributed by atoms with Gasteiger partial charge in [-0.25, -0.2) is 4.98 Å².